The van der Waals surface area contributed by atoms with Crippen molar-refractivity contribution in [2.24, 2.45) is 11.7 Å². The first kappa shape index (κ1) is 22.0. The summed E-state index contributed by atoms with van der Waals surface area (Å²) in [5.74, 6) is -3.15. The van der Waals surface area contributed by atoms with Crippen molar-refractivity contribution in [3.05, 3.63) is 38.9 Å². The monoisotopic (exact) mass is 449 g/mol. The van der Waals surface area contributed by atoms with Gasteiger partial charge in [0.1, 0.15) is 5.82 Å². The van der Waals surface area contributed by atoms with E-state index in [0.717, 1.165) is 18.9 Å². The molecule has 0 bridgehead atoms. The number of nitrogens with zero attached hydrogens (tertiary/aromatic N) is 4. The molecule has 4 rings (SSSR count). The van der Waals surface area contributed by atoms with Crippen LogP contribution in [0.25, 0.3) is 10.9 Å². The molecule has 2 aliphatic rings. The molecule has 2 aromatic rings. The van der Waals surface area contributed by atoms with E-state index < -0.39 is 22.9 Å². The van der Waals surface area contributed by atoms with Crippen molar-refractivity contribution < 1.29 is 9.18 Å². The van der Waals surface area contributed by atoms with Gasteiger partial charge >= 0.3 is 0 Å². The lowest BCUT2D eigenvalue weighted by Crippen LogP contribution is -2.28. The summed E-state index contributed by atoms with van der Waals surface area (Å²) in [4.78, 5) is 27.3. The van der Waals surface area contributed by atoms with E-state index in [1.807, 2.05) is 0 Å². The van der Waals surface area contributed by atoms with Crippen molar-refractivity contribution in [3.8, 4) is 12.1 Å². The molecule has 1 atom stereocenters. The van der Waals surface area contributed by atoms with Gasteiger partial charge in [0, 0.05) is 31.4 Å². The van der Waals surface area contributed by atoms with Gasteiger partial charge in [-0.2, -0.15) is 10.5 Å². The average Bonchev–Trinajstić information content (AvgIpc) is 3.45. The number of benzene rings is 1. The van der Waals surface area contributed by atoms with Crippen molar-refractivity contribution in [2.45, 2.75) is 31.3 Å². The molecule has 2 fully saturated rings. The van der Waals surface area contributed by atoms with Gasteiger partial charge in [-0.15, -0.1) is 12.4 Å². The molecule has 7 nitrogen and oxygen atoms in total. The fourth-order valence-electron chi connectivity index (χ4n) is 3.83. The third kappa shape index (κ3) is 3.52. The van der Waals surface area contributed by atoms with Gasteiger partial charge in [0.15, 0.2) is 17.1 Å². The fourth-order valence-corrected chi connectivity index (χ4v) is 4.24. The van der Waals surface area contributed by atoms with E-state index >= 15 is 4.39 Å². The van der Waals surface area contributed by atoms with E-state index in [1.54, 1.807) is 21.6 Å². The quantitative estimate of drug-likeness (QED) is 0.717. The lowest BCUT2D eigenvalue weighted by atomic mass is 9.99. The number of aromatic nitrogens is 1. The zero-order valence-electron chi connectivity index (χ0n) is 15.8. The summed E-state index contributed by atoms with van der Waals surface area (Å²) in [5.41, 5.74) is 5.47. The van der Waals surface area contributed by atoms with E-state index in [4.69, 9.17) is 27.9 Å². The Kier molecular flexibility index (Phi) is 6.05. The minimum Gasteiger partial charge on any atom is -0.366 e. The second kappa shape index (κ2) is 8.23. The van der Waals surface area contributed by atoms with E-state index in [0.29, 0.717) is 25.0 Å². The number of rotatable bonds is 4. The van der Waals surface area contributed by atoms with Gasteiger partial charge in [-0.05, 0) is 25.3 Å². The van der Waals surface area contributed by atoms with Crippen LogP contribution in [-0.4, -0.2) is 29.5 Å². The van der Waals surface area contributed by atoms with Crippen LogP contribution in [-0.2, 0) is 0 Å². The van der Waals surface area contributed by atoms with Crippen LogP contribution in [0, 0.1) is 34.4 Å². The Bertz CT molecular complexity index is 1170. The number of fused-ring (bicyclic) bond motifs is 1. The maximum atomic E-state index is 15.0. The molecule has 1 saturated heterocycles. The molecule has 0 unspecified atom stereocenters. The summed E-state index contributed by atoms with van der Waals surface area (Å²) in [7, 11) is 0. The van der Waals surface area contributed by atoms with Crippen LogP contribution in [0.4, 0.5) is 10.1 Å². The van der Waals surface area contributed by atoms with Crippen LogP contribution in [0.1, 0.15) is 35.7 Å². The molecule has 156 valence electrons. The molecule has 2 N–H and O–H groups in total. The predicted octanol–water partition coefficient (Wildman–Crippen LogP) is 2.93. The van der Waals surface area contributed by atoms with Crippen molar-refractivity contribution in [1.82, 2.24) is 4.57 Å². The van der Waals surface area contributed by atoms with Gasteiger partial charge in [-0.25, -0.2) is 4.39 Å². The minimum atomic E-state index is -1.60. The van der Waals surface area contributed by atoms with E-state index in [-0.39, 0.29) is 46.2 Å². The van der Waals surface area contributed by atoms with Crippen LogP contribution < -0.4 is 16.1 Å². The first-order valence-corrected chi connectivity index (χ1v) is 9.66. The smallest absolute Gasteiger partial charge is 0.200 e. The van der Waals surface area contributed by atoms with Gasteiger partial charge in [-0.1, -0.05) is 11.6 Å². The van der Waals surface area contributed by atoms with Crippen molar-refractivity contribution >= 4 is 46.4 Å². The number of Topliss-reactive ketones (excluding diaryl/α,β-unsaturated/α-hetero) is 1. The largest absolute Gasteiger partial charge is 0.366 e. The van der Waals surface area contributed by atoms with E-state index in [2.05, 4.69) is 0 Å². The second-order valence-electron chi connectivity index (χ2n) is 7.48. The molecule has 30 heavy (non-hydrogen) atoms. The fraction of sp³-hybridized carbons (Fsp3) is 0.400. The zero-order valence-corrected chi connectivity index (χ0v) is 17.3. The summed E-state index contributed by atoms with van der Waals surface area (Å²) in [6.45, 7) is 1.01. The molecule has 1 aliphatic heterocycles. The highest BCUT2D eigenvalue weighted by Crippen LogP contribution is 2.42. The average molecular weight is 450 g/mol. The number of pyridine rings is 1. The molecule has 1 saturated carbocycles. The maximum Gasteiger partial charge on any atom is 0.200 e. The number of carbonyl (C=O) groups excluding carboxylic acids is 1. The Labute approximate surface area is 182 Å². The Morgan fingerprint density at radius 3 is 2.50 bits per heavy atom. The lowest BCUT2D eigenvalue weighted by molar-refractivity contribution is 0.0969. The first-order valence-electron chi connectivity index (χ1n) is 9.28. The molecular weight excluding hydrogens is 432 g/mol. The predicted molar refractivity (Wildman–Crippen MR) is 113 cm³/mol. The Hall–Kier alpha value is -2.65. The van der Waals surface area contributed by atoms with E-state index in [1.165, 1.54) is 6.20 Å². The highest BCUT2D eigenvalue weighted by molar-refractivity contribution is 6.38. The Morgan fingerprint density at radius 2 is 1.97 bits per heavy atom. The molecule has 0 amide bonds. The van der Waals surface area contributed by atoms with Crippen molar-refractivity contribution in [1.29, 1.82) is 10.5 Å². The maximum absolute atomic E-state index is 15.0. The normalized spacial score (nSPS) is 18.2. The third-order valence-corrected chi connectivity index (χ3v) is 5.81. The first-order chi connectivity index (χ1) is 13.9. The highest BCUT2D eigenvalue weighted by atomic mass is 35.5. The summed E-state index contributed by atoms with van der Waals surface area (Å²) in [6.07, 6.45) is 3.71. The SMILES string of the molecule is Cl.N#CC(C#N)C(=O)c1cn(C2CC2)c2c(Cl)c(N3CC[C@@H](N)C3)c(F)cc2c1=O. The number of nitriles is 2. The van der Waals surface area contributed by atoms with Gasteiger partial charge in [-0.3, -0.25) is 9.59 Å². The van der Waals surface area contributed by atoms with E-state index in [9.17, 15) is 9.59 Å². The molecule has 10 heteroatoms. The number of ketones is 1. The van der Waals surface area contributed by atoms with Gasteiger partial charge in [0.05, 0.1) is 39.3 Å². The van der Waals surface area contributed by atoms with Crippen LogP contribution in [0.15, 0.2) is 17.1 Å². The zero-order chi connectivity index (χ0) is 20.9. The summed E-state index contributed by atoms with van der Waals surface area (Å²) in [5, 5.41) is 18.1. The molecular formula is C20H18Cl2FN5O2. The summed E-state index contributed by atoms with van der Waals surface area (Å²) < 4.78 is 16.7. The summed E-state index contributed by atoms with van der Waals surface area (Å²) in [6, 6.07) is 4.19. The molecule has 1 aromatic heterocycles. The molecule has 1 aliphatic carbocycles. The lowest BCUT2D eigenvalue weighted by Gasteiger charge is -2.23. The minimum absolute atomic E-state index is 0. The Balaban J connectivity index is 0.00000256. The standard InChI is InChI=1S/C20H17ClFN5O2.ClH/c21-16-17-13(5-15(22)18(16)26-4-3-11(25)8-26)20(29)14(9-27(17)12-1-2-12)19(28)10(6-23)7-24;/h5,9-12H,1-4,8,25H2;1H/t11-;/m1./s1. The van der Waals surface area contributed by atoms with Gasteiger partial charge < -0.3 is 15.2 Å². The molecule has 2 heterocycles. The number of hydrogen-bond donors (Lipinski definition) is 1. The topological polar surface area (TPSA) is 116 Å². The van der Waals surface area contributed by atoms with Crippen LogP contribution in [0.3, 0.4) is 0 Å². The second-order valence-corrected chi connectivity index (χ2v) is 7.86. The number of hydrogen-bond acceptors (Lipinski definition) is 6. The Morgan fingerprint density at radius 1 is 1.30 bits per heavy atom. The van der Waals surface area contributed by atoms with Crippen molar-refractivity contribution in [2.75, 3.05) is 18.0 Å². The van der Waals surface area contributed by atoms with Gasteiger partial charge in [0.2, 0.25) is 0 Å². The number of anilines is 1. The molecule has 0 spiro atoms. The van der Waals surface area contributed by atoms with Crippen molar-refractivity contribution in [3.63, 3.8) is 0 Å². The number of nitrogens with two attached hydrogens (primary N) is 1. The van der Waals surface area contributed by atoms with Crippen LogP contribution in [0.2, 0.25) is 5.02 Å². The number of halogens is 3. The van der Waals surface area contributed by atoms with Gasteiger partial charge in [0.25, 0.3) is 0 Å². The highest BCUT2D eigenvalue weighted by Gasteiger charge is 2.32. The number of carbonyl (C=O) groups is 1. The molecule has 1 aromatic carbocycles. The summed E-state index contributed by atoms with van der Waals surface area (Å²) >= 11 is 6.60. The molecule has 0 radical (unpaired) electrons. The third-order valence-electron chi connectivity index (χ3n) is 5.45. The van der Waals surface area contributed by atoms with Crippen LogP contribution in [0.5, 0.6) is 0 Å². The van der Waals surface area contributed by atoms with Crippen LogP contribution >= 0.6 is 24.0 Å².